The van der Waals surface area contributed by atoms with E-state index in [0.29, 0.717) is 5.96 Å². The second kappa shape index (κ2) is 12.4. The quantitative estimate of drug-likeness (QED) is 0.297. The Labute approximate surface area is 191 Å². The highest BCUT2D eigenvalue weighted by atomic mass is 16.5. The van der Waals surface area contributed by atoms with E-state index in [1.54, 1.807) is 0 Å². The van der Waals surface area contributed by atoms with Crippen LogP contribution in [0.25, 0.3) is 0 Å². The van der Waals surface area contributed by atoms with Gasteiger partial charge in [-0.2, -0.15) is 0 Å². The Morgan fingerprint density at radius 1 is 1.22 bits per heavy atom. The second-order valence-electron chi connectivity index (χ2n) is 8.50. The fourth-order valence-electron chi connectivity index (χ4n) is 3.88. The van der Waals surface area contributed by atoms with Crippen LogP contribution < -0.4 is 15.4 Å². The number of ether oxygens (including phenoxy) is 1. The van der Waals surface area contributed by atoms with E-state index in [4.69, 9.17) is 4.74 Å². The van der Waals surface area contributed by atoms with Gasteiger partial charge in [0.15, 0.2) is 5.96 Å². The Morgan fingerprint density at radius 3 is 2.91 bits per heavy atom. The molecule has 0 spiro atoms. The predicted molar refractivity (Wildman–Crippen MR) is 127 cm³/mol. The smallest absolute Gasteiger partial charge is 0.191 e. The number of aliphatic hydroxyl groups excluding tert-OH is 1. The summed E-state index contributed by atoms with van der Waals surface area (Å²) in [6, 6.07) is 7.57. The molecular weight excluding hydrogens is 404 g/mol. The van der Waals surface area contributed by atoms with Gasteiger partial charge in [-0.25, -0.2) is 0 Å². The number of rotatable bonds is 10. The van der Waals surface area contributed by atoms with E-state index >= 15 is 0 Å². The SMILES string of the molecule is CCNC(=NCC(O)c1cccc(OC(C)C)c1)NCCCc1nnc2n1CCCCC2. The normalized spacial score (nSPS) is 15.2. The van der Waals surface area contributed by atoms with E-state index in [1.165, 1.54) is 19.3 Å². The maximum absolute atomic E-state index is 10.6. The minimum Gasteiger partial charge on any atom is -0.491 e. The highest BCUT2D eigenvalue weighted by Crippen LogP contribution is 2.20. The number of hydrogen-bond acceptors (Lipinski definition) is 5. The standard InChI is InChI=1S/C24H38N6O2/c1-4-25-24(27-17-21(31)19-10-8-11-20(16-19)32-18(2)3)26-14-9-13-23-29-28-22-12-6-5-7-15-30(22)23/h8,10-11,16,18,21,31H,4-7,9,12-15,17H2,1-3H3,(H2,25,26,27). The number of benzene rings is 1. The van der Waals surface area contributed by atoms with Gasteiger partial charge in [0.2, 0.25) is 0 Å². The number of fused-ring (bicyclic) bond motifs is 1. The third kappa shape index (κ3) is 7.22. The van der Waals surface area contributed by atoms with Gasteiger partial charge < -0.3 is 25.0 Å². The molecule has 8 heteroatoms. The molecule has 3 N–H and O–H groups in total. The molecule has 0 saturated heterocycles. The summed E-state index contributed by atoms with van der Waals surface area (Å²) in [5.41, 5.74) is 0.801. The molecule has 1 atom stereocenters. The van der Waals surface area contributed by atoms with Crippen molar-refractivity contribution in [2.45, 2.75) is 78.0 Å². The lowest BCUT2D eigenvalue weighted by molar-refractivity contribution is 0.185. The molecule has 3 rings (SSSR count). The second-order valence-corrected chi connectivity index (χ2v) is 8.50. The number of hydrogen-bond donors (Lipinski definition) is 3. The minimum absolute atomic E-state index is 0.0951. The first-order valence-corrected chi connectivity index (χ1v) is 11.9. The molecular formula is C24H38N6O2. The topological polar surface area (TPSA) is 96.6 Å². The summed E-state index contributed by atoms with van der Waals surface area (Å²) < 4.78 is 8.03. The van der Waals surface area contributed by atoms with Crippen molar-refractivity contribution in [1.29, 1.82) is 0 Å². The van der Waals surface area contributed by atoms with Crippen molar-refractivity contribution in [2.24, 2.45) is 4.99 Å². The molecule has 176 valence electrons. The summed E-state index contributed by atoms with van der Waals surface area (Å²) in [5, 5.41) is 26.0. The van der Waals surface area contributed by atoms with Crippen LogP contribution in [0.3, 0.4) is 0 Å². The van der Waals surface area contributed by atoms with Crippen LogP contribution in [0.2, 0.25) is 0 Å². The van der Waals surface area contributed by atoms with Gasteiger partial charge in [0, 0.05) is 32.5 Å². The Hall–Kier alpha value is -2.61. The molecule has 0 amide bonds. The van der Waals surface area contributed by atoms with Gasteiger partial charge in [0.1, 0.15) is 17.4 Å². The molecule has 8 nitrogen and oxygen atoms in total. The van der Waals surface area contributed by atoms with Gasteiger partial charge in [-0.3, -0.25) is 4.99 Å². The van der Waals surface area contributed by atoms with Crippen molar-refractivity contribution in [3.05, 3.63) is 41.5 Å². The average molecular weight is 443 g/mol. The van der Waals surface area contributed by atoms with E-state index in [1.807, 2.05) is 45.0 Å². The largest absolute Gasteiger partial charge is 0.491 e. The summed E-state index contributed by atoms with van der Waals surface area (Å²) in [6.07, 6.45) is 5.98. The minimum atomic E-state index is -0.687. The molecule has 1 aromatic carbocycles. The molecule has 0 radical (unpaired) electrons. The lowest BCUT2D eigenvalue weighted by Crippen LogP contribution is -2.38. The van der Waals surface area contributed by atoms with Crippen molar-refractivity contribution in [3.63, 3.8) is 0 Å². The van der Waals surface area contributed by atoms with E-state index in [2.05, 4.69) is 30.4 Å². The van der Waals surface area contributed by atoms with Crippen molar-refractivity contribution in [3.8, 4) is 5.75 Å². The predicted octanol–water partition coefficient (Wildman–Crippen LogP) is 3.01. The molecule has 0 bridgehead atoms. The van der Waals surface area contributed by atoms with Crippen molar-refractivity contribution < 1.29 is 9.84 Å². The van der Waals surface area contributed by atoms with Crippen molar-refractivity contribution in [2.75, 3.05) is 19.6 Å². The summed E-state index contributed by atoms with van der Waals surface area (Å²) in [7, 11) is 0. The van der Waals surface area contributed by atoms with Gasteiger partial charge in [-0.05, 0) is 57.7 Å². The highest BCUT2D eigenvalue weighted by molar-refractivity contribution is 5.79. The van der Waals surface area contributed by atoms with E-state index in [0.717, 1.165) is 61.9 Å². The van der Waals surface area contributed by atoms with Crippen LogP contribution in [0.4, 0.5) is 0 Å². The van der Waals surface area contributed by atoms with Crippen LogP contribution in [-0.4, -0.2) is 51.6 Å². The van der Waals surface area contributed by atoms with Gasteiger partial charge in [0.05, 0.1) is 18.8 Å². The lowest BCUT2D eigenvalue weighted by atomic mass is 10.1. The van der Waals surface area contributed by atoms with E-state index < -0.39 is 6.10 Å². The Bertz CT molecular complexity index is 864. The molecule has 32 heavy (non-hydrogen) atoms. The van der Waals surface area contributed by atoms with Crippen LogP contribution in [0.15, 0.2) is 29.3 Å². The monoisotopic (exact) mass is 442 g/mol. The molecule has 1 unspecified atom stereocenters. The fraction of sp³-hybridized carbons (Fsp3) is 0.625. The number of aromatic nitrogens is 3. The summed E-state index contributed by atoms with van der Waals surface area (Å²) in [4.78, 5) is 4.57. The highest BCUT2D eigenvalue weighted by Gasteiger charge is 2.14. The number of aliphatic hydroxyl groups is 1. The molecule has 0 fully saturated rings. The van der Waals surface area contributed by atoms with Gasteiger partial charge in [-0.1, -0.05) is 18.6 Å². The van der Waals surface area contributed by atoms with Gasteiger partial charge >= 0.3 is 0 Å². The fourth-order valence-corrected chi connectivity index (χ4v) is 3.88. The van der Waals surface area contributed by atoms with Gasteiger partial charge in [0.25, 0.3) is 0 Å². The third-order valence-electron chi connectivity index (χ3n) is 5.44. The molecule has 2 heterocycles. The first-order chi connectivity index (χ1) is 15.6. The van der Waals surface area contributed by atoms with Crippen molar-refractivity contribution in [1.82, 2.24) is 25.4 Å². The van der Waals surface area contributed by atoms with Crippen LogP contribution in [0, 0.1) is 0 Å². The zero-order valence-electron chi connectivity index (χ0n) is 19.7. The number of aliphatic imine (C=N–C) groups is 1. The number of nitrogens with zero attached hydrogens (tertiary/aromatic N) is 4. The first-order valence-electron chi connectivity index (χ1n) is 11.9. The number of guanidine groups is 1. The molecule has 1 aliphatic rings. The van der Waals surface area contributed by atoms with E-state index in [-0.39, 0.29) is 12.6 Å². The Balaban J connectivity index is 1.49. The van der Waals surface area contributed by atoms with Crippen LogP contribution >= 0.6 is 0 Å². The molecule has 1 aromatic heterocycles. The van der Waals surface area contributed by atoms with E-state index in [9.17, 15) is 5.11 Å². The lowest BCUT2D eigenvalue weighted by Gasteiger charge is -2.15. The average Bonchev–Trinajstić information content (AvgIpc) is 3.00. The van der Waals surface area contributed by atoms with Crippen LogP contribution in [0.1, 0.15) is 69.8 Å². The number of nitrogens with one attached hydrogen (secondary N) is 2. The summed E-state index contributed by atoms with van der Waals surface area (Å²) >= 11 is 0. The number of aryl methyl sites for hydroxylation is 2. The zero-order chi connectivity index (χ0) is 22.8. The third-order valence-corrected chi connectivity index (χ3v) is 5.44. The van der Waals surface area contributed by atoms with Gasteiger partial charge in [-0.15, -0.1) is 10.2 Å². The molecule has 0 aliphatic carbocycles. The van der Waals surface area contributed by atoms with Crippen LogP contribution in [0.5, 0.6) is 5.75 Å². The summed E-state index contributed by atoms with van der Waals surface area (Å²) in [5.74, 6) is 3.69. The maximum Gasteiger partial charge on any atom is 0.191 e. The molecule has 1 aliphatic heterocycles. The van der Waals surface area contributed by atoms with Crippen LogP contribution in [-0.2, 0) is 19.4 Å². The summed E-state index contributed by atoms with van der Waals surface area (Å²) in [6.45, 7) is 8.86. The van der Waals surface area contributed by atoms with Crippen molar-refractivity contribution >= 4 is 5.96 Å². The molecule has 0 saturated carbocycles. The maximum atomic E-state index is 10.6. The Morgan fingerprint density at radius 2 is 2.09 bits per heavy atom. The zero-order valence-corrected chi connectivity index (χ0v) is 19.7. The Kier molecular flexibility index (Phi) is 9.34. The first kappa shape index (κ1) is 24.0. The molecule has 2 aromatic rings.